The van der Waals surface area contributed by atoms with Crippen molar-refractivity contribution in [1.29, 1.82) is 0 Å². The molecule has 0 saturated heterocycles. The van der Waals surface area contributed by atoms with Crippen molar-refractivity contribution < 1.29 is 0 Å². The minimum atomic E-state index is 0.0602. The van der Waals surface area contributed by atoms with E-state index in [1.807, 2.05) is 37.1 Å². The molecule has 0 fully saturated rings. The fourth-order valence-corrected chi connectivity index (χ4v) is 2.07. The number of hydrogen-bond acceptors (Lipinski definition) is 3. The molecule has 2 aromatic heterocycles. The number of pyridine rings is 1. The average Bonchev–Trinajstić information content (AvgIpc) is 2.67. The van der Waals surface area contributed by atoms with Gasteiger partial charge < -0.3 is 9.88 Å². The highest BCUT2D eigenvalue weighted by atomic mass is 79.9. The van der Waals surface area contributed by atoms with Gasteiger partial charge in [-0.25, -0.2) is 4.98 Å². The fraction of sp³-hybridized carbons (Fsp3) is 0.273. The van der Waals surface area contributed by atoms with Gasteiger partial charge in [0.2, 0.25) is 0 Å². The number of aromatic nitrogens is 3. The molecule has 0 saturated carbocycles. The lowest BCUT2D eigenvalue weighted by Gasteiger charge is -2.16. The van der Waals surface area contributed by atoms with Crippen LogP contribution in [0.3, 0.4) is 0 Å². The van der Waals surface area contributed by atoms with E-state index in [9.17, 15) is 0 Å². The Balaban J connectivity index is 2.40. The fourth-order valence-electron chi connectivity index (χ4n) is 1.69. The summed E-state index contributed by atoms with van der Waals surface area (Å²) in [4.78, 5) is 8.52. The van der Waals surface area contributed by atoms with E-state index in [2.05, 4.69) is 31.2 Å². The quantitative estimate of drug-likeness (QED) is 0.934. The van der Waals surface area contributed by atoms with Gasteiger partial charge in [-0.15, -0.1) is 0 Å². The molecule has 0 bridgehead atoms. The third-order valence-corrected chi connectivity index (χ3v) is 2.90. The highest BCUT2D eigenvalue weighted by Crippen LogP contribution is 2.21. The summed E-state index contributed by atoms with van der Waals surface area (Å²) in [6.07, 6.45) is 7.35. The summed E-state index contributed by atoms with van der Waals surface area (Å²) in [7, 11) is 3.90. The van der Waals surface area contributed by atoms with E-state index in [1.165, 1.54) is 0 Å². The van der Waals surface area contributed by atoms with Gasteiger partial charge in [-0.05, 0) is 34.6 Å². The highest BCUT2D eigenvalue weighted by Gasteiger charge is 2.16. The van der Waals surface area contributed by atoms with Crippen LogP contribution >= 0.6 is 15.9 Å². The lowest BCUT2D eigenvalue weighted by molar-refractivity contribution is 0.615. The van der Waals surface area contributed by atoms with Crippen molar-refractivity contribution in [3.63, 3.8) is 0 Å². The molecular weight excluding hydrogens is 268 g/mol. The molecule has 0 aromatic carbocycles. The largest absolute Gasteiger partial charge is 0.336 e. The number of hydrogen-bond donors (Lipinski definition) is 1. The van der Waals surface area contributed by atoms with Crippen LogP contribution in [0.5, 0.6) is 0 Å². The zero-order valence-electron chi connectivity index (χ0n) is 9.18. The van der Waals surface area contributed by atoms with Crippen molar-refractivity contribution in [3.05, 3.63) is 46.7 Å². The van der Waals surface area contributed by atoms with Crippen molar-refractivity contribution >= 4 is 15.9 Å². The van der Waals surface area contributed by atoms with Crippen LogP contribution in [-0.4, -0.2) is 21.6 Å². The van der Waals surface area contributed by atoms with Crippen molar-refractivity contribution in [2.45, 2.75) is 6.04 Å². The number of nitrogens with zero attached hydrogens (tertiary/aromatic N) is 3. The molecular formula is C11H13BrN4. The van der Waals surface area contributed by atoms with Gasteiger partial charge in [0.25, 0.3) is 0 Å². The molecule has 2 heterocycles. The molecule has 0 aliphatic heterocycles. The first-order valence-corrected chi connectivity index (χ1v) is 5.76. The number of rotatable bonds is 3. The predicted octanol–water partition coefficient (Wildman–Crippen LogP) is 1.89. The Hall–Kier alpha value is -1.20. The highest BCUT2D eigenvalue weighted by molar-refractivity contribution is 9.10. The van der Waals surface area contributed by atoms with Crippen LogP contribution in [0.2, 0.25) is 0 Å². The topological polar surface area (TPSA) is 42.7 Å². The molecule has 1 N–H and O–H groups in total. The number of imidazole rings is 1. The summed E-state index contributed by atoms with van der Waals surface area (Å²) < 4.78 is 2.97. The minimum absolute atomic E-state index is 0.0602. The minimum Gasteiger partial charge on any atom is -0.336 e. The summed E-state index contributed by atoms with van der Waals surface area (Å²) in [5.74, 6) is 0.974. The molecule has 0 radical (unpaired) electrons. The van der Waals surface area contributed by atoms with Crippen LogP contribution in [-0.2, 0) is 7.05 Å². The number of aryl methyl sites for hydroxylation is 1. The van der Waals surface area contributed by atoms with Gasteiger partial charge in [-0.2, -0.15) is 0 Å². The van der Waals surface area contributed by atoms with Gasteiger partial charge in [0.05, 0.1) is 6.04 Å². The Bertz CT molecular complexity index is 480. The number of nitrogens with one attached hydrogen (secondary N) is 1. The van der Waals surface area contributed by atoms with Crippen molar-refractivity contribution in [2.24, 2.45) is 7.05 Å². The standard InChI is InChI=1S/C11H13BrN4/c1-13-10(11-15-3-4-16(11)2)8-5-9(12)7-14-6-8/h3-7,10,13H,1-2H3. The molecule has 0 aliphatic carbocycles. The monoisotopic (exact) mass is 280 g/mol. The average molecular weight is 281 g/mol. The Morgan fingerprint density at radius 3 is 2.81 bits per heavy atom. The number of halogens is 1. The van der Waals surface area contributed by atoms with Gasteiger partial charge >= 0.3 is 0 Å². The van der Waals surface area contributed by atoms with Crippen molar-refractivity contribution in [1.82, 2.24) is 19.9 Å². The summed E-state index contributed by atoms with van der Waals surface area (Å²) >= 11 is 3.42. The molecule has 5 heteroatoms. The Labute approximate surface area is 103 Å². The van der Waals surface area contributed by atoms with E-state index in [-0.39, 0.29) is 6.04 Å². The Morgan fingerprint density at radius 1 is 1.44 bits per heavy atom. The molecule has 16 heavy (non-hydrogen) atoms. The summed E-state index contributed by atoms with van der Waals surface area (Å²) in [5.41, 5.74) is 1.09. The van der Waals surface area contributed by atoms with Crippen LogP contribution in [0.15, 0.2) is 35.3 Å². The first kappa shape index (κ1) is 11.3. The Morgan fingerprint density at radius 2 is 2.25 bits per heavy atom. The maximum Gasteiger partial charge on any atom is 0.130 e. The normalized spacial score (nSPS) is 12.7. The summed E-state index contributed by atoms with van der Waals surface area (Å²) in [6.45, 7) is 0. The Kier molecular flexibility index (Phi) is 3.36. The second-order valence-electron chi connectivity index (χ2n) is 3.55. The smallest absolute Gasteiger partial charge is 0.130 e. The second-order valence-corrected chi connectivity index (χ2v) is 4.47. The summed E-state index contributed by atoms with van der Waals surface area (Å²) in [6, 6.07) is 2.10. The summed E-state index contributed by atoms with van der Waals surface area (Å²) in [5, 5.41) is 3.24. The maximum absolute atomic E-state index is 4.35. The van der Waals surface area contributed by atoms with Gasteiger partial charge in [0.1, 0.15) is 5.82 Å². The van der Waals surface area contributed by atoms with Gasteiger partial charge in [0.15, 0.2) is 0 Å². The van der Waals surface area contributed by atoms with E-state index in [0.29, 0.717) is 0 Å². The van der Waals surface area contributed by atoms with Crippen LogP contribution in [0.25, 0.3) is 0 Å². The van der Waals surface area contributed by atoms with Crippen molar-refractivity contribution in [3.8, 4) is 0 Å². The molecule has 2 rings (SSSR count). The molecule has 84 valence electrons. The molecule has 4 nitrogen and oxygen atoms in total. The van der Waals surface area contributed by atoms with Crippen LogP contribution < -0.4 is 5.32 Å². The first-order chi connectivity index (χ1) is 7.72. The molecule has 2 aromatic rings. The van der Waals surface area contributed by atoms with Gasteiger partial charge in [-0.1, -0.05) is 0 Å². The first-order valence-electron chi connectivity index (χ1n) is 4.97. The van der Waals surface area contributed by atoms with Gasteiger partial charge in [0, 0.05) is 36.3 Å². The third kappa shape index (κ3) is 2.15. The lowest BCUT2D eigenvalue weighted by Crippen LogP contribution is -2.21. The molecule has 1 atom stereocenters. The molecule has 0 spiro atoms. The van der Waals surface area contributed by atoms with E-state index in [0.717, 1.165) is 15.9 Å². The van der Waals surface area contributed by atoms with E-state index in [1.54, 1.807) is 12.4 Å². The van der Waals surface area contributed by atoms with Crippen LogP contribution in [0.1, 0.15) is 17.4 Å². The molecule has 0 amide bonds. The second kappa shape index (κ2) is 4.76. The van der Waals surface area contributed by atoms with Crippen LogP contribution in [0.4, 0.5) is 0 Å². The third-order valence-electron chi connectivity index (χ3n) is 2.46. The molecule has 1 unspecified atom stereocenters. The van der Waals surface area contributed by atoms with E-state index >= 15 is 0 Å². The van der Waals surface area contributed by atoms with E-state index < -0.39 is 0 Å². The zero-order valence-corrected chi connectivity index (χ0v) is 10.8. The lowest BCUT2D eigenvalue weighted by atomic mass is 10.1. The maximum atomic E-state index is 4.35. The SMILES string of the molecule is CNC(c1cncc(Br)c1)c1nccn1C. The van der Waals surface area contributed by atoms with Crippen LogP contribution in [0, 0.1) is 0 Å². The zero-order chi connectivity index (χ0) is 11.5. The predicted molar refractivity (Wildman–Crippen MR) is 66.0 cm³/mol. The van der Waals surface area contributed by atoms with E-state index in [4.69, 9.17) is 0 Å². The van der Waals surface area contributed by atoms with Crippen molar-refractivity contribution in [2.75, 3.05) is 7.05 Å². The molecule has 0 aliphatic rings. The van der Waals surface area contributed by atoms with Gasteiger partial charge in [-0.3, -0.25) is 4.98 Å².